The summed E-state index contributed by atoms with van der Waals surface area (Å²) in [6.45, 7) is 5.14. The number of nitrogens with one attached hydrogen (secondary N) is 1. The number of hydrogen-bond acceptors (Lipinski definition) is 1. The van der Waals surface area contributed by atoms with Gasteiger partial charge in [-0.15, -0.1) is 11.6 Å². The van der Waals surface area contributed by atoms with Gasteiger partial charge in [0, 0.05) is 23.0 Å². The molecule has 0 aliphatic carbocycles. The first-order valence-corrected chi connectivity index (χ1v) is 6.62. The molecule has 0 aromatic heterocycles. The molecular weight excluding hydrogens is 241 g/mol. The van der Waals surface area contributed by atoms with Crippen molar-refractivity contribution in [1.82, 2.24) is 5.32 Å². The van der Waals surface area contributed by atoms with Crippen molar-refractivity contribution in [2.75, 3.05) is 5.88 Å². The number of alkyl halides is 1. The molecule has 0 saturated heterocycles. The highest BCUT2D eigenvalue weighted by molar-refractivity contribution is 6.30. The van der Waals surface area contributed by atoms with Gasteiger partial charge in [0.05, 0.1) is 0 Å². The lowest BCUT2D eigenvalue weighted by Crippen LogP contribution is -2.45. The molecule has 1 nitrogen and oxygen atoms in total. The van der Waals surface area contributed by atoms with Crippen molar-refractivity contribution in [3.8, 4) is 0 Å². The van der Waals surface area contributed by atoms with Crippen molar-refractivity contribution in [2.45, 2.75) is 38.8 Å². The van der Waals surface area contributed by atoms with Gasteiger partial charge in [-0.3, -0.25) is 0 Å². The van der Waals surface area contributed by atoms with E-state index in [1.165, 1.54) is 5.56 Å². The highest BCUT2D eigenvalue weighted by atomic mass is 35.5. The zero-order valence-corrected chi connectivity index (χ0v) is 11.4. The van der Waals surface area contributed by atoms with Crippen LogP contribution in [0.5, 0.6) is 0 Å². The van der Waals surface area contributed by atoms with Gasteiger partial charge in [0.2, 0.25) is 0 Å². The molecule has 0 unspecified atom stereocenters. The number of halogens is 2. The molecule has 0 bridgehead atoms. The summed E-state index contributed by atoms with van der Waals surface area (Å²) in [7, 11) is 0. The van der Waals surface area contributed by atoms with Gasteiger partial charge in [0.25, 0.3) is 0 Å². The second-order valence-electron chi connectivity index (χ2n) is 4.10. The van der Waals surface area contributed by atoms with E-state index in [0.29, 0.717) is 5.88 Å². The molecule has 1 aromatic carbocycles. The van der Waals surface area contributed by atoms with Crippen LogP contribution in [0.25, 0.3) is 0 Å². The van der Waals surface area contributed by atoms with Crippen LogP contribution in [0, 0.1) is 0 Å². The van der Waals surface area contributed by atoms with Gasteiger partial charge >= 0.3 is 0 Å². The van der Waals surface area contributed by atoms with Crippen molar-refractivity contribution in [3.63, 3.8) is 0 Å². The molecule has 0 aliphatic heterocycles. The molecule has 0 saturated carbocycles. The summed E-state index contributed by atoms with van der Waals surface area (Å²) < 4.78 is 0. The second-order valence-corrected chi connectivity index (χ2v) is 4.81. The fourth-order valence-electron chi connectivity index (χ4n) is 1.67. The lowest BCUT2D eigenvalue weighted by atomic mass is 9.95. The molecule has 1 aromatic rings. The quantitative estimate of drug-likeness (QED) is 0.755. The predicted molar refractivity (Wildman–Crippen MR) is 72.3 cm³/mol. The first-order chi connectivity index (χ1) is 7.65. The molecular formula is C13H19Cl2N. The van der Waals surface area contributed by atoms with Crippen LogP contribution in [-0.4, -0.2) is 11.4 Å². The first kappa shape index (κ1) is 13.8. The zero-order chi connectivity index (χ0) is 12.0. The van der Waals surface area contributed by atoms with Crippen LogP contribution in [0.3, 0.4) is 0 Å². The Morgan fingerprint density at radius 3 is 2.44 bits per heavy atom. The lowest BCUT2D eigenvalue weighted by Gasteiger charge is -2.31. The van der Waals surface area contributed by atoms with E-state index in [-0.39, 0.29) is 5.54 Å². The van der Waals surface area contributed by atoms with E-state index in [4.69, 9.17) is 23.2 Å². The predicted octanol–water partition coefficient (Wildman–Crippen LogP) is 4.23. The molecule has 0 radical (unpaired) electrons. The summed E-state index contributed by atoms with van der Waals surface area (Å²) in [6.07, 6.45) is 2.07. The summed E-state index contributed by atoms with van der Waals surface area (Å²) in [5, 5.41) is 4.32. The largest absolute Gasteiger partial charge is 0.306 e. The Labute approximate surface area is 108 Å². The summed E-state index contributed by atoms with van der Waals surface area (Å²) in [5.74, 6) is 0.639. The van der Waals surface area contributed by atoms with Crippen molar-refractivity contribution in [3.05, 3.63) is 34.9 Å². The van der Waals surface area contributed by atoms with Gasteiger partial charge < -0.3 is 5.32 Å². The smallest absolute Gasteiger partial charge is 0.0409 e. The van der Waals surface area contributed by atoms with E-state index in [0.717, 1.165) is 24.4 Å². The normalized spacial score (nSPS) is 11.8. The van der Waals surface area contributed by atoms with Crippen LogP contribution in [0.15, 0.2) is 24.3 Å². The van der Waals surface area contributed by atoms with Gasteiger partial charge in [-0.25, -0.2) is 0 Å². The van der Waals surface area contributed by atoms with E-state index in [1.807, 2.05) is 18.2 Å². The third kappa shape index (κ3) is 3.65. The van der Waals surface area contributed by atoms with Gasteiger partial charge in [-0.05, 0) is 30.5 Å². The van der Waals surface area contributed by atoms with Gasteiger partial charge in [-0.2, -0.15) is 0 Å². The minimum Gasteiger partial charge on any atom is -0.306 e. The van der Waals surface area contributed by atoms with Crippen LogP contribution >= 0.6 is 23.2 Å². The Morgan fingerprint density at radius 1 is 1.25 bits per heavy atom. The molecule has 3 heteroatoms. The topological polar surface area (TPSA) is 12.0 Å². The maximum absolute atomic E-state index is 6.03. The summed E-state index contributed by atoms with van der Waals surface area (Å²) in [4.78, 5) is 0. The second kappa shape index (κ2) is 6.48. The Hall–Kier alpha value is -0.240. The van der Waals surface area contributed by atoms with Crippen LogP contribution < -0.4 is 5.32 Å². The lowest BCUT2D eigenvalue weighted by molar-refractivity contribution is 0.334. The van der Waals surface area contributed by atoms with Crippen LogP contribution in [0.2, 0.25) is 5.02 Å². The van der Waals surface area contributed by atoms with Gasteiger partial charge in [0.15, 0.2) is 0 Å². The van der Waals surface area contributed by atoms with E-state index in [1.54, 1.807) is 0 Å². The monoisotopic (exact) mass is 259 g/mol. The van der Waals surface area contributed by atoms with E-state index in [9.17, 15) is 0 Å². The minimum absolute atomic E-state index is 0.0455. The van der Waals surface area contributed by atoms with Crippen LogP contribution in [0.4, 0.5) is 0 Å². The fourth-order valence-corrected chi connectivity index (χ4v) is 2.36. The van der Waals surface area contributed by atoms with Crippen molar-refractivity contribution in [1.29, 1.82) is 0 Å². The number of rotatable bonds is 6. The molecule has 90 valence electrons. The molecule has 0 heterocycles. The first-order valence-electron chi connectivity index (χ1n) is 5.71. The Morgan fingerprint density at radius 2 is 1.94 bits per heavy atom. The SMILES string of the molecule is CCC(CC)(CCl)NCc1cccc(Cl)c1. The molecule has 0 fully saturated rings. The Balaban J connectivity index is 2.62. The molecule has 0 amide bonds. The minimum atomic E-state index is 0.0455. The fraction of sp³-hybridized carbons (Fsp3) is 0.538. The summed E-state index contributed by atoms with van der Waals surface area (Å²) in [6, 6.07) is 7.92. The highest BCUT2D eigenvalue weighted by Crippen LogP contribution is 2.18. The highest BCUT2D eigenvalue weighted by Gasteiger charge is 2.23. The maximum atomic E-state index is 6.03. The number of benzene rings is 1. The Bertz CT molecular complexity index is 313. The molecule has 1 rings (SSSR count). The van der Waals surface area contributed by atoms with E-state index in [2.05, 4.69) is 25.2 Å². The molecule has 0 spiro atoms. The average Bonchev–Trinajstić information content (AvgIpc) is 2.32. The summed E-state index contributed by atoms with van der Waals surface area (Å²) in [5.41, 5.74) is 1.24. The maximum Gasteiger partial charge on any atom is 0.0409 e. The van der Waals surface area contributed by atoms with Crippen LogP contribution in [0.1, 0.15) is 32.3 Å². The van der Waals surface area contributed by atoms with E-state index < -0.39 is 0 Å². The number of hydrogen-bond donors (Lipinski definition) is 1. The average molecular weight is 260 g/mol. The van der Waals surface area contributed by atoms with Crippen LogP contribution in [-0.2, 0) is 6.54 Å². The third-order valence-corrected chi connectivity index (χ3v) is 3.91. The van der Waals surface area contributed by atoms with Crippen molar-refractivity contribution < 1.29 is 0 Å². The third-order valence-electron chi connectivity index (χ3n) is 3.17. The van der Waals surface area contributed by atoms with E-state index >= 15 is 0 Å². The molecule has 0 aliphatic rings. The van der Waals surface area contributed by atoms with Gasteiger partial charge in [0.1, 0.15) is 0 Å². The van der Waals surface area contributed by atoms with Crippen molar-refractivity contribution >= 4 is 23.2 Å². The van der Waals surface area contributed by atoms with Crippen molar-refractivity contribution in [2.24, 2.45) is 0 Å². The molecule has 16 heavy (non-hydrogen) atoms. The zero-order valence-electron chi connectivity index (χ0n) is 9.89. The Kier molecular flexibility index (Phi) is 5.60. The molecule has 0 atom stereocenters. The standard InChI is InChI=1S/C13H19Cl2N/c1-3-13(4-2,10-14)16-9-11-6-5-7-12(15)8-11/h5-8,16H,3-4,9-10H2,1-2H3. The molecule has 1 N–H and O–H groups in total. The summed E-state index contributed by atoms with van der Waals surface area (Å²) >= 11 is 12.0. The van der Waals surface area contributed by atoms with Gasteiger partial charge in [-0.1, -0.05) is 37.6 Å².